The fraction of sp³-hybridized carbons (Fsp3) is 0.900. The molecule has 7 heteroatoms. The first-order chi connectivity index (χ1) is 7.96. The highest BCUT2D eigenvalue weighted by atomic mass is 19.4. The predicted molar refractivity (Wildman–Crippen MR) is 53.6 cm³/mol. The van der Waals surface area contributed by atoms with Gasteiger partial charge in [-0.15, -0.1) is 0 Å². The summed E-state index contributed by atoms with van der Waals surface area (Å²) in [5.41, 5.74) is 0. The number of hydrogen-bond donors (Lipinski definition) is 0. The van der Waals surface area contributed by atoms with Gasteiger partial charge in [0.1, 0.15) is 0 Å². The maximum atomic E-state index is 11.9. The Balaban J connectivity index is 1.80. The number of ether oxygens (including phenoxy) is 1. The quantitative estimate of drug-likeness (QED) is 0.708. The minimum Gasteiger partial charge on any atom is -0.440 e. The Morgan fingerprint density at radius 2 is 2.06 bits per heavy atom. The van der Waals surface area contributed by atoms with Gasteiger partial charge in [-0.25, -0.2) is 4.79 Å². The van der Waals surface area contributed by atoms with Gasteiger partial charge in [-0.05, 0) is 19.4 Å². The lowest BCUT2D eigenvalue weighted by Crippen LogP contribution is -2.52. The maximum absolute atomic E-state index is 11.9. The summed E-state index contributed by atoms with van der Waals surface area (Å²) in [7, 11) is 0. The summed E-state index contributed by atoms with van der Waals surface area (Å²) in [6.07, 6.45) is -3.21. The molecule has 0 bridgehead atoms. The highest BCUT2D eigenvalue weighted by molar-refractivity contribution is 5.67. The molecular weight excluding hydrogens is 237 g/mol. The molecule has 1 atom stereocenters. The van der Waals surface area contributed by atoms with Crippen LogP contribution < -0.4 is 0 Å². The first-order valence-corrected chi connectivity index (χ1v) is 5.68. The zero-order valence-electron chi connectivity index (χ0n) is 9.37. The highest BCUT2D eigenvalue weighted by Crippen LogP contribution is 2.22. The van der Waals surface area contributed by atoms with E-state index in [0.717, 1.165) is 25.9 Å². The van der Waals surface area contributed by atoms with E-state index in [4.69, 9.17) is 0 Å². The molecular formula is C10H15F3N2O2. The van der Waals surface area contributed by atoms with Crippen LogP contribution in [0.5, 0.6) is 0 Å². The van der Waals surface area contributed by atoms with Gasteiger partial charge in [0.05, 0.1) is 0 Å². The van der Waals surface area contributed by atoms with E-state index in [1.54, 1.807) is 0 Å². The Bertz CT molecular complexity index is 296. The highest BCUT2D eigenvalue weighted by Gasteiger charge is 2.35. The van der Waals surface area contributed by atoms with Crippen LogP contribution in [0.4, 0.5) is 18.0 Å². The second-order valence-electron chi connectivity index (χ2n) is 4.45. The lowest BCUT2D eigenvalue weighted by Gasteiger charge is -2.36. The second-order valence-corrected chi connectivity index (χ2v) is 4.45. The molecule has 0 saturated carbocycles. The Morgan fingerprint density at radius 1 is 1.29 bits per heavy atom. The molecule has 1 unspecified atom stereocenters. The van der Waals surface area contributed by atoms with Gasteiger partial charge < -0.3 is 9.64 Å². The number of carbonyl (C=O) groups is 1. The van der Waals surface area contributed by atoms with Crippen molar-refractivity contribution in [3.8, 4) is 0 Å². The zero-order chi connectivity index (χ0) is 12.5. The summed E-state index contributed by atoms with van der Waals surface area (Å²) in [6, 6.07) is 0.294. The Morgan fingerprint density at radius 3 is 2.76 bits per heavy atom. The van der Waals surface area contributed by atoms with Crippen molar-refractivity contribution in [2.24, 2.45) is 0 Å². The van der Waals surface area contributed by atoms with Crippen molar-refractivity contribution < 1.29 is 22.7 Å². The Kier molecular flexibility index (Phi) is 3.46. The van der Waals surface area contributed by atoms with Crippen molar-refractivity contribution in [2.75, 3.05) is 32.8 Å². The number of piperazine rings is 1. The summed E-state index contributed by atoms with van der Waals surface area (Å²) in [6.45, 7) is 1.18. The van der Waals surface area contributed by atoms with Crippen molar-refractivity contribution >= 4 is 6.09 Å². The Labute approximate surface area is 97.3 Å². The topological polar surface area (TPSA) is 32.8 Å². The van der Waals surface area contributed by atoms with Crippen LogP contribution in [0.25, 0.3) is 0 Å². The molecule has 0 aromatic heterocycles. The van der Waals surface area contributed by atoms with Gasteiger partial charge >= 0.3 is 12.3 Å². The molecule has 2 saturated heterocycles. The number of amides is 1. The normalized spacial score (nSPS) is 25.8. The van der Waals surface area contributed by atoms with E-state index < -0.39 is 18.9 Å². The zero-order valence-corrected chi connectivity index (χ0v) is 9.37. The van der Waals surface area contributed by atoms with Crippen molar-refractivity contribution in [2.45, 2.75) is 25.1 Å². The third kappa shape index (κ3) is 3.24. The van der Waals surface area contributed by atoms with E-state index in [1.165, 1.54) is 4.90 Å². The van der Waals surface area contributed by atoms with Gasteiger partial charge in [0, 0.05) is 25.7 Å². The summed E-state index contributed by atoms with van der Waals surface area (Å²) < 4.78 is 39.9. The lowest BCUT2D eigenvalue weighted by atomic mass is 10.2. The predicted octanol–water partition coefficient (Wildman–Crippen LogP) is 1.47. The van der Waals surface area contributed by atoms with Gasteiger partial charge in [0.2, 0.25) is 0 Å². The minimum absolute atomic E-state index is 0.294. The van der Waals surface area contributed by atoms with Crippen LogP contribution in [-0.2, 0) is 4.74 Å². The molecule has 2 fully saturated rings. The molecule has 4 nitrogen and oxygen atoms in total. The smallest absolute Gasteiger partial charge is 0.422 e. The lowest BCUT2D eigenvalue weighted by molar-refractivity contribution is -0.162. The fourth-order valence-corrected chi connectivity index (χ4v) is 2.39. The summed E-state index contributed by atoms with van der Waals surface area (Å²) in [4.78, 5) is 15.1. The van der Waals surface area contributed by atoms with E-state index in [2.05, 4.69) is 9.64 Å². The van der Waals surface area contributed by atoms with Crippen LogP contribution >= 0.6 is 0 Å². The van der Waals surface area contributed by atoms with Crippen LogP contribution in [0.3, 0.4) is 0 Å². The van der Waals surface area contributed by atoms with Crippen molar-refractivity contribution in [3.05, 3.63) is 0 Å². The molecule has 2 aliphatic heterocycles. The van der Waals surface area contributed by atoms with Crippen molar-refractivity contribution in [1.82, 2.24) is 9.80 Å². The molecule has 2 heterocycles. The molecule has 17 heavy (non-hydrogen) atoms. The number of hydrogen-bond acceptors (Lipinski definition) is 3. The van der Waals surface area contributed by atoms with Crippen LogP contribution in [-0.4, -0.2) is 60.9 Å². The third-order valence-electron chi connectivity index (χ3n) is 3.20. The number of nitrogens with zero attached hydrogens (tertiary/aromatic N) is 2. The first-order valence-electron chi connectivity index (χ1n) is 5.68. The van der Waals surface area contributed by atoms with E-state index in [9.17, 15) is 18.0 Å². The maximum Gasteiger partial charge on any atom is 0.422 e. The molecule has 2 aliphatic rings. The van der Waals surface area contributed by atoms with Gasteiger partial charge in [0.15, 0.2) is 6.61 Å². The van der Waals surface area contributed by atoms with Gasteiger partial charge in [0.25, 0.3) is 0 Å². The molecule has 0 aromatic rings. The Hall–Kier alpha value is -0.980. The minimum atomic E-state index is -4.45. The van der Waals surface area contributed by atoms with Crippen LogP contribution in [0.15, 0.2) is 0 Å². The standard InChI is InChI=1S/C10H15F3N2O2/c11-10(12,13)7-17-9(16)15-5-4-14-3-1-2-8(14)6-15/h8H,1-7H2. The third-order valence-corrected chi connectivity index (χ3v) is 3.20. The van der Waals surface area contributed by atoms with E-state index in [0.29, 0.717) is 19.1 Å². The van der Waals surface area contributed by atoms with Gasteiger partial charge in [-0.1, -0.05) is 0 Å². The summed E-state index contributed by atoms with van der Waals surface area (Å²) in [5.74, 6) is 0. The van der Waals surface area contributed by atoms with Crippen LogP contribution in [0.2, 0.25) is 0 Å². The second kappa shape index (κ2) is 4.72. The molecule has 98 valence electrons. The molecule has 0 spiro atoms. The van der Waals surface area contributed by atoms with E-state index in [-0.39, 0.29) is 0 Å². The van der Waals surface area contributed by atoms with E-state index >= 15 is 0 Å². The van der Waals surface area contributed by atoms with Crippen LogP contribution in [0, 0.1) is 0 Å². The summed E-state index contributed by atoms with van der Waals surface area (Å²) in [5, 5.41) is 0. The largest absolute Gasteiger partial charge is 0.440 e. The average Bonchev–Trinajstić information content (AvgIpc) is 2.71. The monoisotopic (exact) mass is 252 g/mol. The van der Waals surface area contributed by atoms with Gasteiger partial charge in [-0.3, -0.25) is 4.90 Å². The van der Waals surface area contributed by atoms with Crippen molar-refractivity contribution in [3.63, 3.8) is 0 Å². The van der Waals surface area contributed by atoms with Crippen molar-refractivity contribution in [1.29, 1.82) is 0 Å². The first kappa shape index (κ1) is 12.5. The molecule has 0 N–H and O–H groups in total. The number of carbonyl (C=O) groups excluding carboxylic acids is 1. The van der Waals surface area contributed by atoms with Crippen LogP contribution in [0.1, 0.15) is 12.8 Å². The molecule has 0 aliphatic carbocycles. The number of rotatable bonds is 1. The molecule has 2 rings (SSSR count). The molecule has 1 amide bonds. The average molecular weight is 252 g/mol. The number of alkyl halides is 3. The SMILES string of the molecule is O=C(OCC(F)(F)F)N1CCN2CCCC2C1. The fourth-order valence-electron chi connectivity index (χ4n) is 2.39. The summed E-state index contributed by atoms with van der Waals surface area (Å²) >= 11 is 0. The number of fused-ring (bicyclic) bond motifs is 1. The van der Waals surface area contributed by atoms with Gasteiger partial charge in [-0.2, -0.15) is 13.2 Å². The molecule has 0 aromatic carbocycles. The number of halogens is 3. The van der Waals surface area contributed by atoms with E-state index in [1.807, 2.05) is 0 Å². The molecule has 0 radical (unpaired) electrons.